The van der Waals surface area contributed by atoms with Gasteiger partial charge in [0.05, 0.1) is 27.7 Å². The van der Waals surface area contributed by atoms with E-state index in [4.69, 9.17) is 18.5 Å². The first-order valence-electron chi connectivity index (χ1n) is 20.7. The van der Waals surface area contributed by atoms with Gasteiger partial charge in [0.1, 0.15) is 19.8 Å². The molecule has 0 aromatic heterocycles. The third kappa shape index (κ3) is 39.2. The number of esters is 2. The smallest absolute Gasteiger partial charge is 0.306 e. The molecule has 9 nitrogen and oxygen atoms in total. The number of carbonyl (C=O) groups excluding carboxylic acids is 2. The molecule has 0 amide bonds. The highest BCUT2D eigenvalue weighted by Crippen LogP contribution is 2.38. The number of allylic oxidation sites excluding steroid dienone is 12. The molecule has 0 aromatic carbocycles. The Labute approximate surface area is 329 Å². The van der Waals surface area contributed by atoms with Crippen molar-refractivity contribution in [2.24, 2.45) is 0 Å². The summed E-state index contributed by atoms with van der Waals surface area (Å²) < 4.78 is 33.8. The minimum absolute atomic E-state index is 0.0447. The van der Waals surface area contributed by atoms with E-state index >= 15 is 0 Å². The molecule has 10 heteroatoms. The van der Waals surface area contributed by atoms with E-state index < -0.39 is 32.5 Å². The molecule has 0 bridgehead atoms. The van der Waals surface area contributed by atoms with Crippen LogP contribution in [0.25, 0.3) is 0 Å². The molecule has 310 valence electrons. The second kappa shape index (κ2) is 36.1. The molecule has 0 rings (SSSR count). The maximum atomic E-state index is 12.6. The lowest BCUT2D eigenvalue weighted by Gasteiger charge is -2.28. The molecular weight excluding hydrogens is 701 g/mol. The SMILES string of the molecule is CCCCC/C=C/C=C/C=C/CCCCCCC(=O)OCC(COP(=O)([O-])OCC[N+](C)(C)C)OC(=O)CCCCCC/C=C/C=C/C=C/CCCCC. The zero-order valence-electron chi connectivity index (χ0n) is 34.6. The first kappa shape index (κ1) is 51.5. The fraction of sp³-hybridized carbons (Fsp3) is 0.682. The predicted octanol–water partition coefficient (Wildman–Crippen LogP) is 10.8. The number of phosphoric acid groups is 1. The number of ether oxygens (including phenoxy) is 2. The number of hydrogen-bond acceptors (Lipinski definition) is 8. The summed E-state index contributed by atoms with van der Waals surface area (Å²) in [4.78, 5) is 37.4. The molecule has 0 N–H and O–H groups in total. The Morgan fingerprint density at radius 2 is 1.00 bits per heavy atom. The molecule has 0 fully saturated rings. The molecule has 0 saturated carbocycles. The second-order valence-corrected chi connectivity index (χ2v) is 16.2. The van der Waals surface area contributed by atoms with Gasteiger partial charge in [-0.25, -0.2) is 0 Å². The van der Waals surface area contributed by atoms with Crippen molar-refractivity contribution in [3.05, 3.63) is 72.9 Å². The fourth-order valence-corrected chi connectivity index (χ4v) is 5.74. The number of carbonyl (C=O) groups is 2. The van der Waals surface area contributed by atoms with Gasteiger partial charge in [-0.15, -0.1) is 0 Å². The summed E-state index contributed by atoms with van der Waals surface area (Å²) in [5, 5.41) is 0. The number of quaternary nitrogens is 1. The second-order valence-electron chi connectivity index (χ2n) is 14.8. The highest BCUT2D eigenvalue weighted by atomic mass is 31.2. The van der Waals surface area contributed by atoms with E-state index in [1.54, 1.807) is 0 Å². The molecule has 2 atom stereocenters. The molecule has 0 radical (unpaired) electrons. The average Bonchev–Trinajstić information content (AvgIpc) is 3.12. The van der Waals surface area contributed by atoms with Gasteiger partial charge in [0.25, 0.3) is 7.82 Å². The van der Waals surface area contributed by atoms with E-state index in [0.717, 1.165) is 64.2 Å². The Morgan fingerprint density at radius 1 is 0.574 bits per heavy atom. The van der Waals surface area contributed by atoms with Crippen molar-refractivity contribution in [2.45, 2.75) is 148 Å². The van der Waals surface area contributed by atoms with Crippen LogP contribution in [-0.2, 0) is 32.7 Å². The zero-order chi connectivity index (χ0) is 40.0. The number of phosphoric ester groups is 1. The van der Waals surface area contributed by atoms with Gasteiger partial charge in [-0.2, -0.15) is 0 Å². The van der Waals surface area contributed by atoms with Crippen molar-refractivity contribution >= 4 is 19.8 Å². The van der Waals surface area contributed by atoms with Crippen LogP contribution in [0.2, 0.25) is 0 Å². The molecule has 2 unspecified atom stereocenters. The molecule has 0 heterocycles. The summed E-state index contributed by atoms with van der Waals surface area (Å²) in [5.74, 6) is -0.903. The maximum absolute atomic E-state index is 12.6. The lowest BCUT2D eigenvalue weighted by molar-refractivity contribution is -0.870. The third-order valence-corrected chi connectivity index (χ3v) is 9.29. The summed E-state index contributed by atoms with van der Waals surface area (Å²) in [5.41, 5.74) is 0. The topological polar surface area (TPSA) is 111 Å². The molecular formula is C44H76NO8P. The Kier molecular flexibility index (Phi) is 34.4. The maximum Gasteiger partial charge on any atom is 0.306 e. The zero-order valence-corrected chi connectivity index (χ0v) is 35.5. The monoisotopic (exact) mass is 778 g/mol. The van der Waals surface area contributed by atoms with Crippen LogP contribution in [0.4, 0.5) is 0 Å². The minimum Gasteiger partial charge on any atom is -0.756 e. The van der Waals surface area contributed by atoms with Gasteiger partial charge in [-0.1, -0.05) is 138 Å². The van der Waals surface area contributed by atoms with Crippen LogP contribution >= 0.6 is 7.82 Å². The van der Waals surface area contributed by atoms with E-state index in [1.807, 2.05) is 33.3 Å². The summed E-state index contributed by atoms with van der Waals surface area (Å²) in [6.45, 7) is 4.06. The van der Waals surface area contributed by atoms with Crippen molar-refractivity contribution in [3.63, 3.8) is 0 Å². The van der Waals surface area contributed by atoms with E-state index in [1.165, 1.54) is 38.5 Å². The molecule has 0 aliphatic heterocycles. The number of hydrogen-bond donors (Lipinski definition) is 0. The van der Waals surface area contributed by atoms with Crippen LogP contribution in [0.1, 0.15) is 142 Å². The van der Waals surface area contributed by atoms with Gasteiger partial charge < -0.3 is 27.9 Å². The van der Waals surface area contributed by atoms with Gasteiger partial charge in [0.2, 0.25) is 0 Å². The summed E-state index contributed by atoms with van der Waals surface area (Å²) in [7, 11) is 1.12. The molecule has 0 spiro atoms. The normalized spacial score (nSPS) is 14.4. The van der Waals surface area contributed by atoms with Crippen molar-refractivity contribution in [2.75, 3.05) is 47.5 Å². The van der Waals surface area contributed by atoms with Gasteiger partial charge in [0.15, 0.2) is 6.10 Å². The van der Waals surface area contributed by atoms with Crippen LogP contribution in [0, 0.1) is 0 Å². The Morgan fingerprint density at radius 3 is 1.44 bits per heavy atom. The van der Waals surface area contributed by atoms with Crippen LogP contribution in [0.5, 0.6) is 0 Å². The largest absolute Gasteiger partial charge is 0.756 e. The molecule has 0 saturated heterocycles. The Hall–Kier alpha value is -2.55. The number of nitrogens with zero attached hydrogens (tertiary/aromatic N) is 1. The van der Waals surface area contributed by atoms with Crippen molar-refractivity contribution in [3.8, 4) is 0 Å². The number of rotatable bonds is 36. The van der Waals surface area contributed by atoms with Crippen molar-refractivity contribution in [1.82, 2.24) is 0 Å². The summed E-state index contributed by atoms with van der Waals surface area (Å²) in [6, 6.07) is 0. The number of unbranched alkanes of at least 4 members (excludes halogenated alkanes) is 14. The van der Waals surface area contributed by atoms with Crippen molar-refractivity contribution in [1.29, 1.82) is 0 Å². The number of likely N-dealkylation sites (N-methyl/N-ethyl adjacent to an activating group) is 1. The van der Waals surface area contributed by atoms with Crippen LogP contribution < -0.4 is 4.89 Å². The molecule has 0 aromatic rings. The molecule has 54 heavy (non-hydrogen) atoms. The van der Waals surface area contributed by atoms with Crippen molar-refractivity contribution < 1.29 is 42.1 Å². The first-order chi connectivity index (χ1) is 26.0. The van der Waals surface area contributed by atoms with E-state index in [-0.39, 0.29) is 26.1 Å². The van der Waals surface area contributed by atoms with E-state index in [9.17, 15) is 19.0 Å². The first-order valence-corrected chi connectivity index (χ1v) is 22.2. The highest BCUT2D eigenvalue weighted by molar-refractivity contribution is 7.45. The Balaban J connectivity index is 4.53. The summed E-state index contributed by atoms with van der Waals surface area (Å²) in [6.07, 6.45) is 43.5. The van der Waals surface area contributed by atoms with Gasteiger partial charge in [-0.3, -0.25) is 14.2 Å². The lowest BCUT2D eigenvalue weighted by atomic mass is 10.1. The van der Waals surface area contributed by atoms with Gasteiger partial charge >= 0.3 is 11.9 Å². The quantitative estimate of drug-likeness (QED) is 0.0203. The molecule has 0 aliphatic rings. The minimum atomic E-state index is -4.64. The van der Waals surface area contributed by atoms with E-state index in [0.29, 0.717) is 23.9 Å². The standard InChI is InChI=1S/C44H76NO8P/c1-6-8-10-12-14-16-18-20-22-24-26-28-30-32-34-36-43(46)50-40-42(41-52-54(48,49)51-39-38-45(3,4)5)53-44(47)37-35-33-31-29-27-25-23-21-19-17-15-13-11-9-7-2/h14-25,42H,6-13,26-41H2,1-5H3/b16-14+,17-15+,20-18+,21-19+,24-22+,25-23+. The molecule has 0 aliphatic carbocycles. The lowest BCUT2D eigenvalue weighted by Crippen LogP contribution is -2.37. The Bertz CT molecular complexity index is 1150. The van der Waals surface area contributed by atoms with Gasteiger partial charge in [0, 0.05) is 12.8 Å². The summed E-state index contributed by atoms with van der Waals surface area (Å²) >= 11 is 0. The fourth-order valence-electron chi connectivity index (χ4n) is 5.01. The van der Waals surface area contributed by atoms with Crippen LogP contribution in [-0.4, -0.2) is 70.0 Å². The third-order valence-electron chi connectivity index (χ3n) is 8.32. The van der Waals surface area contributed by atoms with Gasteiger partial charge in [-0.05, 0) is 64.2 Å². The van der Waals surface area contributed by atoms with Crippen LogP contribution in [0.3, 0.4) is 0 Å². The van der Waals surface area contributed by atoms with E-state index in [2.05, 4.69) is 74.6 Å². The van der Waals surface area contributed by atoms with Crippen LogP contribution in [0.15, 0.2) is 72.9 Å². The predicted molar refractivity (Wildman–Crippen MR) is 222 cm³/mol. The highest BCUT2D eigenvalue weighted by Gasteiger charge is 2.21. The average molecular weight is 778 g/mol.